The van der Waals surface area contributed by atoms with Crippen LogP contribution in [0.15, 0.2) is 24.3 Å². The van der Waals surface area contributed by atoms with E-state index in [1.165, 1.54) is 276 Å². The summed E-state index contributed by atoms with van der Waals surface area (Å²) in [6.45, 7) is 6.64. The summed E-state index contributed by atoms with van der Waals surface area (Å²) < 4.78 is 16.8. The third kappa shape index (κ3) is 62.6. The van der Waals surface area contributed by atoms with E-state index in [0.717, 1.165) is 64.2 Å². The van der Waals surface area contributed by atoms with E-state index in [9.17, 15) is 14.4 Å². The van der Waals surface area contributed by atoms with Crippen LogP contribution in [0.1, 0.15) is 380 Å². The molecule has 0 saturated heterocycles. The predicted octanol–water partition coefficient (Wildman–Crippen LogP) is 23.0. The minimum Gasteiger partial charge on any atom is -0.462 e. The number of carbonyl (C=O) groups excluding carboxylic acids is 3. The molecule has 75 heavy (non-hydrogen) atoms. The molecule has 0 aromatic heterocycles. The Hall–Kier alpha value is -2.11. The highest BCUT2D eigenvalue weighted by atomic mass is 16.6. The number of carbonyl (C=O) groups is 3. The van der Waals surface area contributed by atoms with Gasteiger partial charge in [-0.05, 0) is 51.4 Å². The van der Waals surface area contributed by atoms with Crippen LogP contribution in [-0.4, -0.2) is 37.2 Å². The molecule has 0 rings (SSSR count). The highest BCUT2D eigenvalue weighted by molar-refractivity contribution is 5.71. The fraction of sp³-hybridized carbons (Fsp3) is 0.899. The van der Waals surface area contributed by atoms with Gasteiger partial charge in [-0.25, -0.2) is 0 Å². The van der Waals surface area contributed by atoms with E-state index in [2.05, 4.69) is 45.1 Å². The number of hydrogen-bond acceptors (Lipinski definition) is 6. The molecule has 0 aliphatic rings. The number of ether oxygens (including phenoxy) is 3. The SMILES string of the molecule is CCCCCCC/C=C\C/C=C\CCCCCCCCCCCCCCCCCCCCCCCC(=O)OCC(COC(=O)CCCCCCCC)OC(=O)CCCCCCCCCCCCCCCCCCCC. The maximum atomic E-state index is 12.8. The van der Waals surface area contributed by atoms with Gasteiger partial charge in [-0.1, -0.05) is 334 Å². The molecule has 0 fully saturated rings. The van der Waals surface area contributed by atoms with Crippen molar-refractivity contribution in [2.24, 2.45) is 0 Å². The fourth-order valence-electron chi connectivity index (χ4n) is 10.4. The molecule has 1 atom stereocenters. The minimum atomic E-state index is -0.763. The summed E-state index contributed by atoms with van der Waals surface area (Å²) >= 11 is 0. The molecule has 0 saturated carbocycles. The van der Waals surface area contributed by atoms with E-state index < -0.39 is 6.10 Å². The lowest BCUT2D eigenvalue weighted by atomic mass is 10.0. The topological polar surface area (TPSA) is 78.9 Å². The summed E-state index contributed by atoms with van der Waals surface area (Å²) in [5, 5.41) is 0. The van der Waals surface area contributed by atoms with Crippen molar-refractivity contribution in [1.82, 2.24) is 0 Å². The van der Waals surface area contributed by atoms with Crippen molar-refractivity contribution in [2.45, 2.75) is 386 Å². The van der Waals surface area contributed by atoms with Crippen LogP contribution < -0.4 is 0 Å². The van der Waals surface area contributed by atoms with E-state index in [-0.39, 0.29) is 31.1 Å². The number of allylic oxidation sites excluding steroid dienone is 4. The largest absolute Gasteiger partial charge is 0.462 e. The molecular weight excluding hydrogens is 925 g/mol. The van der Waals surface area contributed by atoms with Crippen LogP contribution >= 0.6 is 0 Å². The fourth-order valence-corrected chi connectivity index (χ4v) is 10.4. The molecule has 442 valence electrons. The van der Waals surface area contributed by atoms with Crippen molar-refractivity contribution < 1.29 is 28.6 Å². The van der Waals surface area contributed by atoms with Crippen LogP contribution in [-0.2, 0) is 28.6 Å². The molecule has 0 aliphatic heterocycles. The molecule has 0 amide bonds. The number of unbranched alkanes of at least 4 members (excludes halogenated alkanes) is 48. The molecular formula is C69H130O6. The Morgan fingerprint density at radius 3 is 0.733 bits per heavy atom. The van der Waals surface area contributed by atoms with Crippen LogP contribution in [0.25, 0.3) is 0 Å². The number of esters is 3. The van der Waals surface area contributed by atoms with Gasteiger partial charge in [0.25, 0.3) is 0 Å². The molecule has 0 aromatic rings. The monoisotopic (exact) mass is 1050 g/mol. The van der Waals surface area contributed by atoms with Crippen molar-refractivity contribution in [3.8, 4) is 0 Å². The lowest BCUT2D eigenvalue weighted by molar-refractivity contribution is -0.167. The van der Waals surface area contributed by atoms with Gasteiger partial charge in [0.15, 0.2) is 6.10 Å². The van der Waals surface area contributed by atoms with Gasteiger partial charge in [0.05, 0.1) is 0 Å². The molecule has 6 nitrogen and oxygen atoms in total. The van der Waals surface area contributed by atoms with Gasteiger partial charge < -0.3 is 14.2 Å². The van der Waals surface area contributed by atoms with Gasteiger partial charge in [0, 0.05) is 19.3 Å². The molecule has 1 unspecified atom stereocenters. The summed E-state index contributed by atoms with van der Waals surface area (Å²) in [5.41, 5.74) is 0. The first kappa shape index (κ1) is 72.9. The predicted molar refractivity (Wildman–Crippen MR) is 326 cm³/mol. The maximum Gasteiger partial charge on any atom is 0.306 e. The Bertz CT molecular complexity index is 1210. The Morgan fingerprint density at radius 1 is 0.267 bits per heavy atom. The van der Waals surface area contributed by atoms with E-state index in [1.54, 1.807) is 0 Å². The zero-order valence-electron chi connectivity index (χ0n) is 50.8. The molecule has 0 heterocycles. The Labute approximate surface area is 468 Å². The summed E-state index contributed by atoms with van der Waals surface area (Å²) in [6.07, 6.45) is 78.2. The molecule has 0 N–H and O–H groups in total. The van der Waals surface area contributed by atoms with Gasteiger partial charge >= 0.3 is 17.9 Å². The van der Waals surface area contributed by atoms with Crippen LogP contribution in [0.2, 0.25) is 0 Å². The third-order valence-electron chi connectivity index (χ3n) is 15.5. The van der Waals surface area contributed by atoms with E-state index in [0.29, 0.717) is 19.3 Å². The van der Waals surface area contributed by atoms with E-state index in [4.69, 9.17) is 14.2 Å². The molecule has 6 heteroatoms. The van der Waals surface area contributed by atoms with Gasteiger partial charge in [-0.15, -0.1) is 0 Å². The zero-order valence-corrected chi connectivity index (χ0v) is 50.8. The van der Waals surface area contributed by atoms with Crippen LogP contribution in [0.4, 0.5) is 0 Å². The zero-order chi connectivity index (χ0) is 54.3. The second kappa shape index (κ2) is 64.4. The first-order valence-electron chi connectivity index (χ1n) is 33.8. The second-order valence-electron chi connectivity index (χ2n) is 23.1. The van der Waals surface area contributed by atoms with Crippen LogP contribution in [0.5, 0.6) is 0 Å². The van der Waals surface area contributed by atoms with Gasteiger partial charge in [0.2, 0.25) is 0 Å². The highest BCUT2D eigenvalue weighted by Gasteiger charge is 2.19. The highest BCUT2D eigenvalue weighted by Crippen LogP contribution is 2.18. The number of hydrogen-bond donors (Lipinski definition) is 0. The molecule has 0 spiro atoms. The first-order valence-corrected chi connectivity index (χ1v) is 33.8. The summed E-state index contributed by atoms with van der Waals surface area (Å²) in [4.78, 5) is 38.0. The van der Waals surface area contributed by atoms with Crippen LogP contribution in [0, 0.1) is 0 Å². The summed E-state index contributed by atoms with van der Waals surface area (Å²) in [5.74, 6) is -0.847. The van der Waals surface area contributed by atoms with E-state index >= 15 is 0 Å². The van der Waals surface area contributed by atoms with Crippen molar-refractivity contribution in [3.05, 3.63) is 24.3 Å². The van der Waals surface area contributed by atoms with Crippen LogP contribution in [0.3, 0.4) is 0 Å². The molecule has 0 bridgehead atoms. The van der Waals surface area contributed by atoms with Gasteiger partial charge in [-0.3, -0.25) is 14.4 Å². The Kier molecular flexibility index (Phi) is 62.6. The molecule has 0 radical (unpaired) electrons. The van der Waals surface area contributed by atoms with Crippen molar-refractivity contribution in [1.29, 1.82) is 0 Å². The van der Waals surface area contributed by atoms with Crippen molar-refractivity contribution in [3.63, 3.8) is 0 Å². The average Bonchev–Trinajstić information content (AvgIpc) is 3.41. The second-order valence-corrected chi connectivity index (χ2v) is 23.1. The van der Waals surface area contributed by atoms with Crippen molar-refractivity contribution in [2.75, 3.05) is 13.2 Å². The third-order valence-corrected chi connectivity index (χ3v) is 15.5. The first-order chi connectivity index (χ1) is 37.0. The van der Waals surface area contributed by atoms with Gasteiger partial charge in [0.1, 0.15) is 13.2 Å². The van der Waals surface area contributed by atoms with Gasteiger partial charge in [-0.2, -0.15) is 0 Å². The number of rotatable bonds is 63. The smallest absolute Gasteiger partial charge is 0.306 e. The van der Waals surface area contributed by atoms with E-state index in [1.807, 2.05) is 0 Å². The summed E-state index contributed by atoms with van der Waals surface area (Å²) in [7, 11) is 0. The molecule has 0 aliphatic carbocycles. The summed E-state index contributed by atoms with van der Waals surface area (Å²) in [6, 6.07) is 0. The average molecular weight is 1060 g/mol. The quantitative estimate of drug-likeness (QED) is 0.0261. The Morgan fingerprint density at radius 2 is 0.480 bits per heavy atom. The standard InChI is InChI=1S/C69H130O6/c1-4-7-10-13-16-18-20-22-24-26-28-29-30-31-32-33-34-35-36-37-38-39-40-41-42-44-45-47-49-51-53-56-59-62-68(71)74-65-66(64-73-67(70)61-58-55-15-12-9-6-3)75-69(72)63-60-57-54-52-50-48-46-43-27-25-23-21-19-17-14-11-8-5-2/h20,22,26,28,66H,4-19,21,23-25,27,29-65H2,1-3H3/b22-20-,28-26-. The lowest BCUT2D eigenvalue weighted by Gasteiger charge is -2.18. The lowest BCUT2D eigenvalue weighted by Crippen LogP contribution is -2.30. The minimum absolute atomic E-state index is 0.0643. The van der Waals surface area contributed by atoms with Crippen molar-refractivity contribution >= 4 is 17.9 Å². The normalized spacial score (nSPS) is 12.1. The molecule has 0 aromatic carbocycles. The maximum absolute atomic E-state index is 12.8. The Balaban J connectivity index is 3.92.